The molecule has 0 amide bonds. The van der Waals surface area contributed by atoms with Crippen LogP contribution >= 0.6 is 22.6 Å². The highest BCUT2D eigenvalue weighted by Gasteiger charge is 1.98. The Bertz CT molecular complexity index is 263. The molecule has 0 aliphatic carbocycles. The van der Waals surface area contributed by atoms with Crippen molar-refractivity contribution in [2.24, 2.45) is 0 Å². The number of anilines is 1. The third-order valence-electron chi connectivity index (χ3n) is 1.50. The Morgan fingerprint density at radius 2 is 2.25 bits per heavy atom. The fourth-order valence-electron chi connectivity index (χ4n) is 0.893. The van der Waals surface area contributed by atoms with Crippen LogP contribution in [0.15, 0.2) is 18.2 Å². The molecule has 12 heavy (non-hydrogen) atoms. The summed E-state index contributed by atoms with van der Waals surface area (Å²) < 4.78 is 13.6. The SMILES string of the molecule is CCCNc1ccc(F)cc1I. The first-order valence-electron chi connectivity index (χ1n) is 3.93. The smallest absolute Gasteiger partial charge is 0.124 e. The van der Waals surface area contributed by atoms with Crippen LogP contribution in [-0.4, -0.2) is 6.54 Å². The van der Waals surface area contributed by atoms with Gasteiger partial charge in [0.05, 0.1) is 0 Å². The summed E-state index contributed by atoms with van der Waals surface area (Å²) in [5.41, 5.74) is 1.01. The van der Waals surface area contributed by atoms with E-state index in [-0.39, 0.29) is 5.82 Å². The van der Waals surface area contributed by atoms with Crippen molar-refractivity contribution >= 4 is 28.3 Å². The molecule has 0 aliphatic heterocycles. The predicted molar refractivity (Wildman–Crippen MR) is 57.9 cm³/mol. The van der Waals surface area contributed by atoms with E-state index in [9.17, 15) is 4.39 Å². The van der Waals surface area contributed by atoms with Gasteiger partial charge in [0.1, 0.15) is 5.82 Å². The summed E-state index contributed by atoms with van der Waals surface area (Å²) in [5.74, 6) is -0.179. The average molecular weight is 279 g/mol. The summed E-state index contributed by atoms with van der Waals surface area (Å²) in [6.45, 7) is 3.03. The van der Waals surface area contributed by atoms with E-state index in [1.54, 1.807) is 6.07 Å². The van der Waals surface area contributed by atoms with Gasteiger partial charge in [-0.15, -0.1) is 0 Å². The first kappa shape index (κ1) is 9.77. The zero-order valence-electron chi connectivity index (χ0n) is 6.90. The van der Waals surface area contributed by atoms with Gasteiger partial charge in [-0.2, -0.15) is 0 Å². The minimum Gasteiger partial charge on any atom is -0.384 e. The maximum Gasteiger partial charge on any atom is 0.124 e. The molecule has 0 saturated heterocycles. The summed E-state index contributed by atoms with van der Waals surface area (Å²) in [6, 6.07) is 4.77. The Hall–Kier alpha value is -0.320. The van der Waals surface area contributed by atoms with Gasteiger partial charge in [0.25, 0.3) is 0 Å². The highest BCUT2D eigenvalue weighted by atomic mass is 127. The lowest BCUT2D eigenvalue weighted by Gasteiger charge is -2.06. The molecule has 0 saturated carbocycles. The van der Waals surface area contributed by atoms with Gasteiger partial charge in [-0.25, -0.2) is 4.39 Å². The van der Waals surface area contributed by atoms with E-state index in [1.807, 2.05) is 0 Å². The van der Waals surface area contributed by atoms with Crippen molar-refractivity contribution in [3.63, 3.8) is 0 Å². The molecule has 0 radical (unpaired) electrons. The molecule has 0 heterocycles. The fraction of sp³-hybridized carbons (Fsp3) is 0.333. The van der Waals surface area contributed by atoms with E-state index < -0.39 is 0 Å². The second-order valence-corrected chi connectivity index (χ2v) is 3.71. The second-order valence-electron chi connectivity index (χ2n) is 2.55. The third-order valence-corrected chi connectivity index (χ3v) is 2.39. The Morgan fingerprint density at radius 3 is 2.83 bits per heavy atom. The number of rotatable bonds is 3. The normalized spacial score (nSPS) is 9.92. The topological polar surface area (TPSA) is 12.0 Å². The van der Waals surface area contributed by atoms with Crippen LogP contribution in [0.4, 0.5) is 10.1 Å². The zero-order valence-corrected chi connectivity index (χ0v) is 9.06. The van der Waals surface area contributed by atoms with Crippen LogP contribution in [0.2, 0.25) is 0 Å². The number of halogens is 2. The van der Waals surface area contributed by atoms with Crippen LogP contribution in [0.3, 0.4) is 0 Å². The molecule has 0 unspecified atom stereocenters. The van der Waals surface area contributed by atoms with Crippen molar-refractivity contribution in [3.8, 4) is 0 Å². The first-order valence-corrected chi connectivity index (χ1v) is 5.01. The second kappa shape index (κ2) is 4.64. The van der Waals surface area contributed by atoms with E-state index in [1.165, 1.54) is 12.1 Å². The van der Waals surface area contributed by atoms with Gasteiger partial charge in [0.15, 0.2) is 0 Å². The van der Waals surface area contributed by atoms with Gasteiger partial charge in [-0.3, -0.25) is 0 Å². The predicted octanol–water partition coefficient (Wildman–Crippen LogP) is 3.25. The van der Waals surface area contributed by atoms with Gasteiger partial charge in [0, 0.05) is 15.8 Å². The molecule has 1 nitrogen and oxygen atoms in total. The molecule has 1 N–H and O–H groups in total. The summed E-state index contributed by atoms with van der Waals surface area (Å²) in [7, 11) is 0. The highest BCUT2D eigenvalue weighted by Crippen LogP contribution is 2.18. The minimum absolute atomic E-state index is 0.179. The van der Waals surface area contributed by atoms with Crippen molar-refractivity contribution in [2.75, 3.05) is 11.9 Å². The Labute approximate surface area is 85.5 Å². The van der Waals surface area contributed by atoms with Crippen LogP contribution in [0, 0.1) is 9.39 Å². The average Bonchev–Trinajstić information content (AvgIpc) is 2.03. The van der Waals surface area contributed by atoms with E-state index in [0.29, 0.717) is 0 Å². The lowest BCUT2D eigenvalue weighted by Crippen LogP contribution is -2.01. The molecular formula is C9H11FIN. The Balaban J connectivity index is 2.72. The maximum atomic E-state index is 12.6. The molecule has 0 fully saturated rings. The Kier molecular flexibility index (Phi) is 3.78. The molecule has 0 spiro atoms. The molecule has 0 bridgehead atoms. The molecule has 1 aromatic carbocycles. The third kappa shape index (κ3) is 2.62. The lowest BCUT2D eigenvalue weighted by molar-refractivity contribution is 0.627. The van der Waals surface area contributed by atoms with Crippen LogP contribution < -0.4 is 5.32 Å². The highest BCUT2D eigenvalue weighted by molar-refractivity contribution is 14.1. The number of hydrogen-bond donors (Lipinski definition) is 1. The molecule has 1 rings (SSSR count). The Morgan fingerprint density at radius 1 is 1.50 bits per heavy atom. The van der Waals surface area contributed by atoms with Gasteiger partial charge >= 0.3 is 0 Å². The summed E-state index contributed by atoms with van der Waals surface area (Å²) in [5, 5.41) is 3.22. The van der Waals surface area contributed by atoms with Gasteiger partial charge < -0.3 is 5.32 Å². The number of benzene rings is 1. The summed E-state index contributed by atoms with van der Waals surface area (Å²) >= 11 is 2.12. The van der Waals surface area contributed by atoms with Crippen LogP contribution in [0.5, 0.6) is 0 Å². The number of hydrogen-bond acceptors (Lipinski definition) is 1. The molecule has 0 aromatic heterocycles. The quantitative estimate of drug-likeness (QED) is 0.837. The van der Waals surface area contributed by atoms with E-state index >= 15 is 0 Å². The van der Waals surface area contributed by atoms with Gasteiger partial charge in [0.2, 0.25) is 0 Å². The van der Waals surface area contributed by atoms with Crippen LogP contribution in [-0.2, 0) is 0 Å². The maximum absolute atomic E-state index is 12.6. The summed E-state index contributed by atoms with van der Waals surface area (Å²) in [4.78, 5) is 0. The standard InChI is InChI=1S/C9H11FIN/c1-2-5-12-9-4-3-7(10)6-8(9)11/h3-4,6,12H,2,5H2,1H3. The molecule has 0 atom stereocenters. The molecule has 0 aliphatic rings. The van der Waals surface area contributed by atoms with Crippen LogP contribution in [0.1, 0.15) is 13.3 Å². The van der Waals surface area contributed by atoms with Crippen molar-refractivity contribution in [1.29, 1.82) is 0 Å². The van der Waals surface area contributed by atoms with E-state index in [0.717, 1.165) is 22.2 Å². The van der Waals surface area contributed by atoms with Crippen molar-refractivity contribution in [3.05, 3.63) is 27.6 Å². The minimum atomic E-state index is -0.179. The summed E-state index contributed by atoms with van der Waals surface area (Å²) in [6.07, 6.45) is 1.08. The largest absolute Gasteiger partial charge is 0.384 e. The van der Waals surface area contributed by atoms with E-state index in [4.69, 9.17) is 0 Å². The van der Waals surface area contributed by atoms with E-state index in [2.05, 4.69) is 34.8 Å². The molecular weight excluding hydrogens is 268 g/mol. The van der Waals surface area contributed by atoms with Crippen molar-refractivity contribution < 1.29 is 4.39 Å². The fourth-order valence-corrected chi connectivity index (χ4v) is 1.56. The zero-order chi connectivity index (χ0) is 8.97. The number of nitrogens with one attached hydrogen (secondary N) is 1. The van der Waals surface area contributed by atoms with Crippen molar-refractivity contribution in [1.82, 2.24) is 0 Å². The van der Waals surface area contributed by atoms with Gasteiger partial charge in [-0.05, 0) is 47.2 Å². The van der Waals surface area contributed by atoms with Crippen LogP contribution in [0.25, 0.3) is 0 Å². The van der Waals surface area contributed by atoms with Gasteiger partial charge in [-0.1, -0.05) is 6.92 Å². The van der Waals surface area contributed by atoms with Crippen molar-refractivity contribution in [2.45, 2.75) is 13.3 Å². The first-order chi connectivity index (χ1) is 5.74. The molecule has 66 valence electrons. The lowest BCUT2D eigenvalue weighted by atomic mass is 10.3. The molecule has 3 heteroatoms. The monoisotopic (exact) mass is 279 g/mol. The molecule has 1 aromatic rings.